The molecule has 5 nitrogen and oxygen atoms in total. The number of aromatic nitrogens is 3. The largest absolute Gasteiger partial charge is 0.353 e. The maximum absolute atomic E-state index is 12.3. The molecule has 5 heteroatoms. The number of aromatic amines is 1. The Hall–Kier alpha value is -3.47. The number of hydrogen-bond acceptors (Lipinski definition) is 3. The van der Waals surface area contributed by atoms with Crippen molar-refractivity contribution in [1.29, 1.82) is 0 Å². The van der Waals surface area contributed by atoms with Gasteiger partial charge < -0.3 is 10.3 Å². The minimum atomic E-state index is 0.0473. The topological polar surface area (TPSA) is 70.7 Å². The molecule has 146 valence electrons. The van der Waals surface area contributed by atoms with Crippen molar-refractivity contribution in [2.75, 3.05) is 0 Å². The van der Waals surface area contributed by atoms with Crippen molar-refractivity contribution >= 4 is 16.8 Å². The molecule has 2 N–H and O–H groups in total. The van der Waals surface area contributed by atoms with Crippen LogP contribution < -0.4 is 5.32 Å². The molecule has 0 aliphatic heterocycles. The molecule has 4 aromatic rings. The van der Waals surface area contributed by atoms with Crippen molar-refractivity contribution in [2.24, 2.45) is 0 Å². The number of nitrogens with one attached hydrogen (secondary N) is 2. The van der Waals surface area contributed by atoms with Gasteiger partial charge in [0.15, 0.2) is 0 Å². The molecule has 0 radical (unpaired) electrons. The normalized spacial score (nSPS) is 10.9. The van der Waals surface area contributed by atoms with E-state index in [0.29, 0.717) is 13.0 Å². The zero-order valence-electron chi connectivity index (χ0n) is 16.5. The molecule has 1 amide bonds. The Labute approximate surface area is 170 Å². The second-order valence-electron chi connectivity index (χ2n) is 7.19. The van der Waals surface area contributed by atoms with Gasteiger partial charge in [-0.25, -0.2) is 0 Å². The van der Waals surface area contributed by atoms with Crippen LogP contribution in [0.1, 0.15) is 29.7 Å². The van der Waals surface area contributed by atoms with Gasteiger partial charge in [-0.2, -0.15) is 0 Å². The average Bonchev–Trinajstić information content (AvgIpc) is 3.11. The zero-order chi connectivity index (χ0) is 20.1. The van der Waals surface area contributed by atoms with Crippen LogP contribution in [0, 0.1) is 6.92 Å². The molecule has 0 aliphatic carbocycles. The van der Waals surface area contributed by atoms with Gasteiger partial charge >= 0.3 is 0 Å². The van der Waals surface area contributed by atoms with E-state index in [0.717, 1.165) is 35.4 Å². The summed E-state index contributed by atoms with van der Waals surface area (Å²) in [5.74, 6) is 0.0473. The Morgan fingerprint density at radius 3 is 2.62 bits per heavy atom. The van der Waals surface area contributed by atoms with Crippen LogP contribution in [0.25, 0.3) is 22.3 Å². The van der Waals surface area contributed by atoms with Gasteiger partial charge in [0.25, 0.3) is 0 Å². The molecule has 0 saturated carbocycles. The van der Waals surface area contributed by atoms with Gasteiger partial charge in [-0.3, -0.25) is 14.8 Å². The molecule has 0 aliphatic rings. The Kier molecular flexibility index (Phi) is 5.66. The number of rotatable bonds is 7. The van der Waals surface area contributed by atoms with Crippen LogP contribution in [0.15, 0.2) is 67.0 Å². The molecule has 0 atom stereocenters. The Balaban J connectivity index is 1.47. The van der Waals surface area contributed by atoms with Gasteiger partial charge in [-0.15, -0.1) is 0 Å². The first kappa shape index (κ1) is 18.9. The predicted octanol–water partition coefficient (Wildman–Crippen LogP) is 4.57. The van der Waals surface area contributed by atoms with Crippen molar-refractivity contribution in [3.63, 3.8) is 0 Å². The van der Waals surface area contributed by atoms with Gasteiger partial charge in [0.05, 0.1) is 23.6 Å². The quantitative estimate of drug-likeness (QED) is 0.490. The first-order valence-corrected chi connectivity index (χ1v) is 9.90. The predicted molar refractivity (Wildman–Crippen MR) is 115 cm³/mol. The molecular formula is C24H24N4O. The third kappa shape index (κ3) is 4.51. The van der Waals surface area contributed by atoms with E-state index in [1.54, 1.807) is 12.4 Å². The van der Waals surface area contributed by atoms with Crippen LogP contribution in [0.2, 0.25) is 0 Å². The number of nitrogens with zero attached hydrogens (tertiary/aromatic N) is 2. The highest BCUT2D eigenvalue weighted by Crippen LogP contribution is 2.31. The van der Waals surface area contributed by atoms with Crippen LogP contribution in [-0.4, -0.2) is 20.9 Å². The lowest BCUT2D eigenvalue weighted by Crippen LogP contribution is -2.23. The SMILES string of the molecule is Cc1ccc2[nH]c(-c3ccccn3)c(CCCC(=O)NCc3ccccn3)c2c1. The maximum Gasteiger partial charge on any atom is 0.220 e. The number of amides is 1. The second-order valence-corrected chi connectivity index (χ2v) is 7.19. The fraction of sp³-hybridized carbons (Fsp3) is 0.208. The number of carbonyl (C=O) groups excluding carboxylic acids is 1. The summed E-state index contributed by atoms with van der Waals surface area (Å²) in [5.41, 5.74) is 6.38. The highest BCUT2D eigenvalue weighted by molar-refractivity contribution is 5.90. The third-order valence-electron chi connectivity index (χ3n) is 5.01. The standard InChI is InChI=1S/C24H24N4O/c1-17-11-12-21-20(15-17)19(24(28-21)22-9-3-5-14-26-22)8-6-10-23(29)27-16-18-7-2-4-13-25-18/h2-5,7,9,11-15,28H,6,8,10,16H2,1H3,(H,27,29). The number of benzene rings is 1. The summed E-state index contributed by atoms with van der Waals surface area (Å²) in [6.45, 7) is 2.56. The summed E-state index contributed by atoms with van der Waals surface area (Å²) in [7, 11) is 0. The molecule has 0 unspecified atom stereocenters. The monoisotopic (exact) mass is 384 g/mol. The van der Waals surface area contributed by atoms with Crippen LogP contribution in [0.5, 0.6) is 0 Å². The molecule has 0 fully saturated rings. The molecule has 0 bridgehead atoms. The van der Waals surface area contributed by atoms with E-state index in [4.69, 9.17) is 0 Å². The van der Waals surface area contributed by atoms with Crippen molar-refractivity contribution < 1.29 is 4.79 Å². The summed E-state index contributed by atoms with van der Waals surface area (Å²) in [5, 5.41) is 4.16. The van der Waals surface area contributed by atoms with E-state index in [1.807, 2.05) is 36.4 Å². The smallest absolute Gasteiger partial charge is 0.220 e. The number of H-pyrrole nitrogens is 1. The first-order valence-electron chi connectivity index (χ1n) is 9.90. The highest BCUT2D eigenvalue weighted by atomic mass is 16.1. The Morgan fingerprint density at radius 2 is 1.86 bits per heavy atom. The van der Waals surface area contributed by atoms with E-state index in [-0.39, 0.29) is 5.91 Å². The highest BCUT2D eigenvalue weighted by Gasteiger charge is 2.14. The fourth-order valence-electron chi connectivity index (χ4n) is 3.56. The van der Waals surface area contributed by atoms with E-state index in [1.165, 1.54) is 16.5 Å². The minimum Gasteiger partial charge on any atom is -0.353 e. The fourth-order valence-corrected chi connectivity index (χ4v) is 3.56. The number of hydrogen-bond donors (Lipinski definition) is 2. The van der Waals surface area contributed by atoms with Gasteiger partial charge in [0.1, 0.15) is 0 Å². The average molecular weight is 384 g/mol. The number of pyridine rings is 2. The van der Waals surface area contributed by atoms with Crippen molar-refractivity contribution in [3.05, 3.63) is 83.8 Å². The zero-order valence-corrected chi connectivity index (χ0v) is 16.5. The third-order valence-corrected chi connectivity index (χ3v) is 5.01. The van der Waals surface area contributed by atoms with E-state index < -0.39 is 0 Å². The van der Waals surface area contributed by atoms with Gasteiger partial charge in [-0.05, 0) is 61.7 Å². The van der Waals surface area contributed by atoms with Crippen LogP contribution in [-0.2, 0) is 17.8 Å². The number of fused-ring (bicyclic) bond motifs is 1. The number of carbonyl (C=O) groups is 1. The summed E-state index contributed by atoms with van der Waals surface area (Å²) >= 11 is 0. The summed E-state index contributed by atoms with van der Waals surface area (Å²) in [6, 6.07) is 18.1. The summed E-state index contributed by atoms with van der Waals surface area (Å²) in [4.78, 5) is 24.5. The van der Waals surface area contributed by atoms with Crippen molar-refractivity contribution in [1.82, 2.24) is 20.3 Å². The summed E-state index contributed by atoms with van der Waals surface area (Å²) < 4.78 is 0. The summed E-state index contributed by atoms with van der Waals surface area (Å²) in [6.07, 6.45) is 5.61. The van der Waals surface area contributed by atoms with E-state index in [9.17, 15) is 4.79 Å². The molecule has 4 rings (SSSR count). The Bertz CT molecular complexity index is 1100. The first-order chi connectivity index (χ1) is 14.2. The van der Waals surface area contributed by atoms with Crippen LogP contribution in [0.4, 0.5) is 0 Å². The molecule has 1 aromatic carbocycles. The minimum absolute atomic E-state index is 0.0473. The van der Waals surface area contributed by atoms with Crippen molar-refractivity contribution in [2.45, 2.75) is 32.7 Å². The molecule has 3 heterocycles. The molecule has 29 heavy (non-hydrogen) atoms. The maximum atomic E-state index is 12.3. The number of aryl methyl sites for hydroxylation is 2. The molecule has 0 spiro atoms. The lowest BCUT2D eigenvalue weighted by molar-refractivity contribution is -0.121. The van der Waals surface area contributed by atoms with Crippen LogP contribution >= 0.6 is 0 Å². The van der Waals surface area contributed by atoms with Crippen molar-refractivity contribution in [3.8, 4) is 11.4 Å². The molecule has 0 saturated heterocycles. The van der Waals surface area contributed by atoms with Gasteiger partial charge in [-0.1, -0.05) is 23.8 Å². The Morgan fingerprint density at radius 1 is 1.03 bits per heavy atom. The molecule has 3 aromatic heterocycles. The van der Waals surface area contributed by atoms with Crippen LogP contribution in [0.3, 0.4) is 0 Å². The second kappa shape index (κ2) is 8.69. The van der Waals surface area contributed by atoms with E-state index >= 15 is 0 Å². The van der Waals surface area contributed by atoms with Gasteiger partial charge in [0.2, 0.25) is 5.91 Å². The molecular weight excluding hydrogens is 360 g/mol. The van der Waals surface area contributed by atoms with E-state index in [2.05, 4.69) is 45.4 Å². The lowest BCUT2D eigenvalue weighted by atomic mass is 10.0. The lowest BCUT2D eigenvalue weighted by Gasteiger charge is -2.07. The van der Waals surface area contributed by atoms with Gasteiger partial charge in [0, 0.05) is 29.7 Å².